The lowest BCUT2D eigenvalue weighted by Gasteiger charge is -2.29. The van der Waals surface area contributed by atoms with Gasteiger partial charge >= 0.3 is 0 Å². The van der Waals surface area contributed by atoms with Crippen molar-refractivity contribution in [1.29, 1.82) is 0 Å². The topological polar surface area (TPSA) is 58.9 Å². The molecule has 0 aromatic heterocycles. The highest BCUT2D eigenvalue weighted by Crippen LogP contribution is 2.26. The Morgan fingerprint density at radius 2 is 1.83 bits per heavy atom. The van der Waals surface area contributed by atoms with Crippen LogP contribution in [0.3, 0.4) is 0 Å². The highest BCUT2D eigenvalue weighted by Gasteiger charge is 2.30. The standard InChI is InChI=1S/C8H18O4/c1-4-8(5-2,11-12-10)6-7(3)9/h7,9-10H,4-6H2,1-3H3. The van der Waals surface area contributed by atoms with Crippen LogP contribution in [0.1, 0.15) is 40.0 Å². The van der Waals surface area contributed by atoms with Crippen LogP contribution in [-0.2, 0) is 9.93 Å². The van der Waals surface area contributed by atoms with Gasteiger partial charge in [0, 0.05) is 6.42 Å². The van der Waals surface area contributed by atoms with E-state index in [4.69, 9.17) is 15.3 Å². The van der Waals surface area contributed by atoms with Crippen molar-refractivity contribution in [3.8, 4) is 0 Å². The molecule has 1 unspecified atom stereocenters. The van der Waals surface area contributed by atoms with Gasteiger partial charge in [-0.2, -0.15) is 4.89 Å². The molecule has 0 saturated heterocycles. The molecule has 0 rings (SSSR count). The Hall–Kier alpha value is -0.160. The Kier molecular flexibility index (Phi) is 5.41. The maximum absolute atomic E-state index is 9.16. The highest BCUT2D eigenvalue weighted by atomic mass is 17.5. The van der Waals surface area contributed by atoms with Gasteiger partial charge in [0.05, 0.1) is 6.10 Å². The average Bonchev–Trinajstić information content (AvgIpc) is 2.03. The quantitative estimate of drug-likeness (QED) is 0.480. The number of hydrogen-bond acceptors (Lipinski definition) is 4. The molecule has 0 radical (unpaired) electrons. The second kappa shape index (κ2) is 5.48. The lowest BCUT2D eigenvalue weighted by atomic mass is 9.91. The molecule has 0 bridgehead atoms. The van der Waals surface area contributed by atoms with Gasteiger partial charge in [-0.3, -0.25) is 0 Å². The van der Waals surface area contributed by atoms with E-state index in [1.807, 2.05) is 13.8 Å². The van der Waals surface area contributed by atoms with Crippen LogP contribution in [0.2, 0.25) is 0 Å². The van der Waals surface area contributed by atoms with Gasteiger partial charge in [-0.25, -0.2) is 5.26 Å². The van der Waals surface area contributed by atoms with E-state index in [1.165, 1.54) is 0 Å². The van der Waals surface area contributed by atoms with E-state index in [-0.39, 0.29) is 0 Å². The van der Waals surface area contributed by atoms with Crippen molar-refractivity contribution in [3.05, 3.63) is 0 Å². The smallest absolute Gasteiger partial charge is 0.109 e. The van der Waals surface area contributed by atoms with Crippen molar-refractivity contribution >= 4 is 0 Å². The van der Waals surface area contributed by atoms with E-state index >= 15 is 0 Å². The summed E-state index contributed by atoms with van der Waals surface area (Å²) in [7, 11) is 0. The van der Waals surface area contributed by atoms with E-state index in [0.29, 0.717) is 19.3 Å². The second-order valence-electron chi connectivity index (χ2n) is 3.10. The van der Waals surface area contributed by atoms with E-state index in [9.17, 15) is 0 Å². The molecule has 0 aromatic rings. The first kappa shape index (κ1) is 11.8. The number of hydrogen-bond donors (Lipinski definition) is 2. The molecule has 4 heteroatoms. The largest absolute Gasteiger partial charge is 0.393 e. The Labute approximate surface area is 73.0 Å². The Balaban J connectivity index is 4.13. The normalized spacial score (nSPS) is 14.8. The maximum atomic E-state index is 9.16. The molecule has 0 spiro atoms. The summed E-state index contributed by atoms with van der Waals surface area (Å²) >= 11 is 0. The van der Waals surface area contributed by atoms with E-state index in [2.05, 4.69) is 5.04 Å². The third-order valence-electron chi connectivity index (χ3n) is 2.17. The van der Waals surface area contributed by atoms with Crippen LogP contribution in [0.25, 0.3) is 0 Å². The molecule has 4 nitrogen and oxygen atoms in total. The second-order valence-corrected chi connectivity index (χ2v) is 3.10. The molecule has 0 fully saturated rings. The van der Waals surface area contributed by atoms with Crippen LogP contribution in [0, 0.1) is 0 Å². The fourth-order valence-corrected chi connectivity index (χ4v) is 1.31. The summed E-state index contributed by atoms with van der Waals surface area (Å²) in [6.07, 6.45) is 1.38. The fourth-order valence-electron chi connectivity index (χ4n) is 1.31. The first-order chi connectivity index (χ1) is 5.60. The van der Waals surface area contributed by atoms with Gasteiger partial charge in [0.2, 0.25) is 0 Å². The zero-order valence-electron chi connectivity index (χ0n) is 7.91. The van der Waals surface area contributed by atoms with Gasteiger partial charge in [-0.15, -0.1) is 0 Å². The van der Waals surface area contributed by atoms with Crippen LogP contribution in [0.4, 0.5) is 0 Å². The predicted molar refractivity (Wildman–Crippen MR) is 44.4 cm³/mol. The van der Waals surface area contributed by atoms with Crippen LogP contribution in [0.5, 0.6) is 0 Å². The molecule has 12 heavy (non-hydrogen) atoms. The Bertz CT molecular complexity index is 110. The lowest BCUT2D eigenvalue weighted by Crippen LogP contribution is -2.34. The van der Waals surface area contributed by atoms with Crippen LogP contribution in [-0.4, -0.2) is 22.1 Å². The Morgan fingerprint density at radius 1 is 1.33 bits per heavy atom. The summed E-state index contributed by atoms with van der Waals surface area (Å²) in [6.45, 7) is 5.52. The zero-order valence-corrected chi connectivity index (χ0v) is 7.91. The van der Waals surface area contributed by atoms with Crippen molar-refractivity contribution in [2.45, 2.75) is 51.7 Å². The van der Waals surface area contributed by atoms with Crippen molar-refractivity contribution in [1.82, 2.24) is 0 Å². The number of rotatable bonds is 6. The molecule has 0 aliphatic carbocycles. The predicted octanol–water partition coefficient (Wildman–Crippen LogP) is 1.74. The first-order valence-electron chi connectivity index (χ1n) is 4.27. The van der Waals surface area contributed by atoms with Crippen molar-refractivity contribution in [2.75, 3.05) is 0 Å². The van der Waals surface area contributed by atoms with Gasteiger partial charge in [-0.1, -0.05) is 18.9 Å². The van der Waals surface area contributed by atoms with Crippen molar-refractivity contribution < 1.29 is 20.3 Å². The molecule has 2 N–H and O–H groups in total. The summed E-state index contributed by atoms with van der Waals surface area (Å²) in [5.41, 5.74) is -0.567. The van der Waals surface area contributed by atoms with E-state index < -0.39 is 11.7 Å². The van der Waals surface area contributed by atoms with Crippen LogP contribution < -0.4 is 0 Å². The fraction of sp³-hybridized carbons (Fsp3) is 1.00. The van der Waals surface area contributed by atoms with Crippen molar-refractivity contribution in [3.63, 3.8) is 0 Å². The summed E-state index contributed by atoms with van der Waals surface area (Å²) in [5, 5.41) is 21.0. The number of aliphatic hydroxyl groups is 1. The van der Waals surface area contributed by atoms with Crippen molar-refractivity contribution in [2.24, 2.45) is 0 Å². The SMILES string of the molecule is CCC(CC)(CC(C)O)OOO. The molecule has 74 valence electrons. The average molecular weight is 178 g/mol. The molecule has 1 atom stereocenters. The summed E-state index contributed by atoms with van der Waals surface area (Å²) in [5.74, 6) is 0. The maximum Gasteiger partial charge on any atom is 0.109 e. The van der Waals surface area contributed by atoms with E-state index in [1.54, 1.807) is 6.92 Å². The molecule has 0 heterocycles. The summed E-state index contributed by atoms with van der Waals surface area (Å²) in [4.78, 5) is 4.73. The van der Waals surface area contributed by atoms with Crippen LogP contribution in [0.15, 0.2) is 0 Å². The molecular weight excluding hydrogens is 160 g/mol. The molecular formula is C8H18O4. The third-order valence-corrected chi connectivity index (χ3v) is 2.17. The van der Waals surface area contributed by atoms with E-state index in [0.717, 1.165) is 0 Å². The third kappa shape index (κ3) is 3.49. The van der Waals surface area contributed by atoms with Gasteiger partial charge in [0.1, 0.15) is 5.60 Å². The zero-order chi connectivity index (χ0) is 9.61. The minimum atomic E-state index is -0.567. The van der Waals surface area contributed by atoms with Crippen LogP contribution >= 0.6 is 0 Å². The molecule has 0 saturated carbocycles. The number of aliphatic hydroxyl groups excluding tert-OH is 1. The first-order valence-corrected chi connectivity index (χ1v) is 4.27. The van der Waals surface area contributed by atoms with Gasteiger partial charge in [0.15, 0.2) is 0 Å². The van der Waals surface area contributed by atoms with Gasteiger partial charge < -0.3 is 5.11 Å². The summed E-state index contributed by atoms with van der Waals surface area (Å²) < 4.78 is 0. The Morgan fingerprint density at radius 3 is 2.08 bits per heavy atom. The minimum absolute atomic E-state index is 0.458. The molecule has 0 aromatic carbocycles. The van der Waals surface area contributed by atoms with Gasteiger partial charge in [-0.05, 0) is 19.8 Å². The molecule has 0 aliphatic rings. The molecule has 0 aliphatic heterocycles. The molecule has 0 amide bonds. The monoisotopic (exact) mass is 178 g/mol. The highest BCUT2D eigenvalue weighted by molar-refractivity contribution is 4.78. The summed E-state index contributed by atoms with van der Waals surface area (Å²) in [6, 6.07) is 0. The minimum Gasteiger partial charge on any atom is -0.393 e. The van der Waals surface area contributed by atoms with Gasteiger partial charge in [0.25, 0.3) is 0 Å². The lowest BCUT2D eigenvalue weighted by molar-refractivity contribution is -0.528.